The highest BCUT2D eigenvalue weighted by Gasteiger charge is 2.13. The molecule has 1 rings (SSSR count). The van der Waals surface area contributed by atoms with E-state index in [1.54, 1.807) is 19.1 Å². The van der Waals surface area contributed by atoms with Crippen LogP contribution in [0.2, 0.25) is 5.02 Å². The van der Waals surface area contributed by atoms with Crippen molar-refractivity contribution in [2.45, 2.75) is 13.3 Å². The molecule has 0 bridgehead atoms. The molecular weight excluding hydrogens is 281 g/mol. The lowest BCUT2D eigenvalue weighted by Crippen LogP contribution is -2.09. The Morgan fingerprint density at radius 3 is 2.87 bits per heavy atom. The van der Waals surface area contributed by atoms with Crippen molar-refractivity contribution in [2.75, 3.05) is 12.3 Å². The number of hydrogen-bond donors (Lipinski definition) is 1. The SMILES string of the molecule is CCOC(=O)Cc1c(Br)ccc(N)c1Cl. The van der Waals surface area contributed by atoms with E-state index in [1.807, 2.05) is 0 Å². The Morgan fingerprint density at radius 1 is 1.60 bits per heavy atom. The molecule has 3 nitrogen and oxygen atoms in total. The van der Waals surface area contributed by atoms with Crippen molar-refractivity contribution in [1.82, 2.24) is 0 Å². The Kier molecular flexibility index (Phi) is 4.42. The Balaban J connectivity index is 2.93. The van der Waals surface area contributed by atoms with Gasteiger partial charge in [-0.2, -0.15) is 0 Å². The van der Waals surface area contributed by atoms with Crippen LogP contribution in [0.15, 0.2) is 16.6 Å². The minimum Gasteiger partial charge on any atom is -0.466 e. The summed E-state index contributed by atoms with van der Waals surface area (Å²) < 4.78 is 5.60. The Bertz CT molecular complexity index is 382. The number of nitrogens with two attached hydrogens (primary N) is 1. The number of benzene rings is 1. The Morgan fingerprint density at radius 2 is 2.27 bits per heavy atom. The van der Waals surface area contributed by atoms with Crippen molar-refractivity contribution in [2.24, 2.45) is 0 Å². The van der Waals surface area contributed by atoms with Gasteiger partial charge in [-0.1, -0.05) is 27.5 Å². The first-order valence-corrected chi connectivity index (χ1v) is 5.61. The van der Waals surface area contributed by atoms with Gasteiger partial charge in [-0.25, -0.2) is 0 Å². The van der Waals surface area contributed by atoms with Crippen molar-refractivity contribution in [3.05, 3.63) is 27.2 Å². The maximum absolute atomic E-state index is 11.3. The molecule has 1 aromatic carbocycles. The van der Waals surface area contributed by atoms with Crippen LogP contribution >= 0.6 is 27.5 Å². The van der Waals surface area contributed by atoms with Gasteiger partial charge in [0, 0.05) is 4.47 Å². The average molecular weight is 293 g/mol. The van der Waals surface area contributed by atoms with E-state index in [1.165, 1.54) is 0 Å². The maximum atomic E-state index is 11.3. The number of hydrogen-bond acceptors (Lipinski definition) is 3. The second kappa shape index (κ2) is 5.37. The molecular formula is C10H11BrClNO2. The third-order valence-corrected chi connectivity index (χ3v) is 3.03. The molecule has 15 heavy (non-hydrogen) atoms. The van der Waals surface area contributed by atoms with Crippen LogP contribution in [0.25, 0.3) is 0 Å². The Labute approximate surface area is 102 Å². The molecule has 0 aliphatic heterocycles. The monoisotopic (exact) mass is 291 g/mol. The highest BCUT2D eigenvalue weighted by Crippen LogP contribution is 2.30. The summed E-state index contributed by atoms with van der Waals surface area (Å²) in [6, 6.07) is 3.44. The topological polar surface area (TPSA) is 52.3 Å². The molecule has 0 aliphatic carbocycles. The van der Waals surface area contributed by atoms with Crippen LogP contribution in [0.4, 0.5) is 5.69 Å². The predicted molar refractivity (Wildman–Crippen MR) is 63.9 cm³/mol. The zero-order valence-corrected chi connectivity index (χ0v) is 10.6. The third kappa shape index (κ3) is 3.11. The molecule has 0 heterocycles. The molecule has 0 saturated heterocycles. The number of ether oxygens (including phenoxy) is 1. The van der Waals surface area contributed by atoms with E-state index in [0.717, 1.165) is 4.47 Å². The fraction of sp³-hybridized carbons (Fsp3) is 0.300. The van der Waals surface area contributed by atoms with Crippen LogP contribution in [-0.2, 0) is 16.0 Å². The first kappa shape index (κ1) is 12.3. The van der Waals surface area contributed by atoms with Gasteiger partial charge in [-0.05, 0) is 24.6 Å². The van der Waals surface area contributed by atoms with Crippen LogP contribution in [0.5, 0.6) is 0 Å². The van der Waals surface area contributed by atoms with Gasteiger partial charge in [0.25, 0.3) is 0 Å². The number of rotatable bonds is 3. The smallest absolute Gasteiger partial charge is 0.310 e. The molecule has 0 radical (unpaired) electrons. The highest BCUT2D eigenvalue weighted by atomic mass is 79.9. The fourth-order valence-electron chi connectivity index (χ4n) is 1.13. The van der Waals surface area contributed by atoms with Gasteiger partial charge in [-0.3, -0.25) is 4.79 Å². The van der Waals surface area contributed by atoms with E-state index >= 15 is 0 Å². The number of halogens is 2. The molecule has 0 aromatic heterocycles. The summed E-state index contributed by atoms with van der Waals surface area (Å²) in [7, 11) is 0. The van der Waals surface area contributed by atoms with Gasteiger partial charge in [0.1, 0.15) is 0 Å². The van der Waals surface area contributed by atoms with Crippen LogP contribution in [0.1, 0.15) is 12.5 Å². The summed E-state index contributed by atoms with van der Waals surface area (Å²) in [5.41, 5.74) is 6.75. The van der Waals surface area contributed by atoms with Crippen LogP contribution in [-0.4, -0.2) is 12.6 Å². The van der Waals surface area contributed by atoms with E-state index in [4.69, 9.17) is 22.1 Å². The van der Waals surface area contributed by atoms with Gasteiger partial charge in [0.2, 0.25) is 0 Å². The molecule has 0 spiro atoms. The predicted octanol–water partition coefficient (Wildman–Crippen LogP) is 2.79. The van der Waals surface area contributed by atoms with Crippen molar-refractivity contribution >= 4 is 39.2 Å². The lowest BCUT2D eigenvalue weighted by Gasteiger charge is -2.08. The minimum atomic E-state index is -0.314. The number of esters is 1. The normalized spacial score (nSPS) is 10.1. The summed E-state index contributed by atoms with van der Waals surface area (Å²) in [4.78, 5) is 11.3. The first-order valence-electron chi connectivity index (χ1n) is 4.44. The minimum absolute atomic E-state index is 0.123. The van der Waals surface area contributed by atoms with Gasteiger partial charge in [0.05, 0.1) is 23.7 Å². The molecule has 2 N–H and O–H groups in total. The van der Waals surface area contributed by atoms with Gasteiger partial charge in [0.15, 0.2) is 0 Å². The van der Waals surface area contributed by atoms with Crippen molar-refractivity contribution in [3.63, 3.8) is 0 Å². The third-order valence-electron chi connectivity index (χ3n) is 1.84. The molecule has 5 heteroatoms. The summed E-state index contributed by atoms with van der Waals surface area (Å²) in [6.07, 6.45) is 0.123. The molecule has 0 saturated carbocycles. The summed E-state index contributed by atoms with van der Waals surface area (Å²) >= 11 is 9.29. The van der Waals surface area contributed by atoms with Crippen LogP contribution in [0, 0.1) is 0 Å². The van der Waals surface area contributed by atoms with Gasteiger partial charge < -0.3 is 10.5 Å². The standard InChI is InChI=1S/C10H11BrClNO2/c1-2-15-9(14)5-6-7(11)3-4-8(13)10(6)12/h3-4H,2,5,13H2,1H3. The fourth-order valence-corrected chi connectivity index (χ4v) is 1.95. The molecule has 0 fully saturated rings. The lowest BCUT2D eigenvalue weighted by atomic mass is 10.1. The zero-order valence-electron chi connectivity index (χ0n) is 8.22. The molecule has 0 unspecified atom stereocenters. The summed E-state index contributed by atoms with van der Waals surface area (Å²) in [5.74, 6) is -0.314. The maximum Gasteiger partial charge on any atom is 0.310 e. The van der Waals surface area contributed by atoms with E-state index in [9.17, 15) is 4.79 Å². The molecule has 82 valence electrons. The number of carbonyl (C=O) groups is 1. The van der Waals surface area contributed by atoms with E-state index in [-0.39, 0.29) is 12.4 Å². The highest BCUT2D eigenvalue weighted by molar-refractivity contribution is 9.10. The van der Waals surface area contributed by atoms with Gasteiger partial charge in [-0.15, -0.1) is 0 Å². The second-order valence-electron chi connectivity index (χ2n) is 2.91. The molecule has 1 aromatic rings. The molecule has 0 amide bonds. The first-order chi connectivity index (χ1) is 7.06. The van der Waals surface area contributed by atoms with Crippen LogP contribution < -0.4 is 5.73 Å². The largest absolute Gasteiger partial charge is 0.466 e. The van der Waals surface area contributed by atoms with E-state index in [2.05, 4.69) is 15.9 Å². The van der Waals surface area contributed by atoms with E-state index in [0.29, 0.717) is 22.9 Å². The lowest BCUT2D eigenvalue weighted by molar-refractivity contribution is -0.142. The Hall–Kier alpha value is -0.740. The average Bonchev–Trinajstić information content (AvgIpc) is 2.19. The molecule has 0 atom stereocenters. The number of nitrogen functional groups attached to an aromatic ring is 1. The number of anilines is 1. The summed E-state index contributed by atoms with van der Waals surface area (Å²) in [6.45, 7) is 2.12. The van der Waals surface area contributed by atoms with Crippen molar-refractivity contribution in [1.29, 1.82) is 0 Å². The van der Waals surface area contributed by atoms with Crippen molar-refractivity contribution < 1.29 is 9.53 Å². The quantitative estimate of drug-likeness (QED) is 0.688. The molecule has 0 aliphatic rings. The summed E-state index contributed by atoms with van der Waals surface area (Å²) in [5, 5.41) is 0.400. The second-order valence-corrected chi connectivity index (χ2v) is 4.14. The van der Waals surface area contributed by atoms with E-state index < -0.39 is 0 Å². The van der Waals surface area contributed by atoms with Gasteiger partial charge >= 0.3 is 5.97 Å². The van der Waals surface area contributed by atoms with Crippen molar-refractivity contribution in [3.8, 4) is 0 Å². The zero-order chi connectivity index (χ0) is 11.4. The van der Waals surface area contributed by atoms with Crippen LogP contribution in [0.3, 0.4) is 0 Å². The number of carbonyl (C=O) groups excluding carboxylic acids is 1.